The molecule has 2 aromatic rings. The summed E-state index contributed by atoms with van der Waals surface area (Å²) >= 11 is 0. The topological polar surface area (TPSA) is 150 Å². The minimum atomic E-state index is -1.41. The Morgan fingerprint density at radius 1 is 0.923 bits per heavy atom. The van der Waals surface area contributed by atoms with Crippen molar-refractivity contribution in [1.29, 1.82) is 0 Å². The van der Waals surface area contributed by atoms with E-state index in [1.165, 1.54) is 19.4 Å². The van der Waals surface area contributed by atoms with E-state index in [0.29, 0.717) is 0 Å². The van der Waals surface area contributed by atoms with Crippen molar-refractivity contribution in [3.63, 3.8) is 0 Å². The molecule has 3 unspecified atom stereocenters. The van der Waals surface area contributed by atoms with Gasteiger partial charge in [-0.25, -0.2) is 9.78 Å². The summed E-state index contributed by atoms with van der Waals surface area (Å²) < 4.78 is 21.2. The van der Waals surface area contributed by atoms with Crippen LogP contribution in [0.15, 0.2) is 42.6 Å². The molecule has 1 heterocycles. The third kappa shape index (κ3) is 9.27. The summed E-state index contributed by atoms with van der Waals surface area (Å²) in [7, 11) is 1.31. The minimum absolute atomic E-state index is 0.0107. The highest BCUT2D eigenvalue weighted by Gasteiger charge is 2.33. The monoisotopic (exact) mass is 544 g/mol. The Labute approximate surface area is 227 Å². The molecular weight excluding hydrogens is 508 g/mol. The summed E-state index contributed by atoms with van der Waals surface area (Å²) in [6.45, 7) is 7.64. The number of carbonyl (C=O) groups excluding carboxylic acids is 4. The number of hydrogen-bond donors (Lipinski definition) is 2. The third-order valence-electron chi connectivity index (χ3n) is 5.60. The molecule has 2 rings (SSSR count). The van der Waals surface area contributed by atoms with Crippen molar-refractivity contribution in [3.8, 4) is 11.5 Å². The number of esters is 3. The Balaban J connectivity index is 2.24. The summed E-state index contributed by atoms with van der Waals surface area (Å²) in [6, 6.07) is 9.07. The van der Waals surface area contributed by atoms with E-state index < -0.39 is 66.3 Å². The Kier molecular flexibility index (Phi) is 11.7. The maximum atomic E-state index is 13.2. The summed E-state index contributed by atoms with van der Waals surface area (Å²) in [6.07, 6.45) is 0.114. The van der Waals surface area contributed by atoms with Gasteiger partial charge in [-0.3, -0.25) is 14.4 Å². The number of pyridine rings is 1. The molecule has 3 atom stereocenters. The number of carbonyl (C=O) groups is 4. The number of benzene rings is 1. The van der Waals surface area contributed by atoms with Crippen molar-refractivity contribution in [2.45, 2.75) is 59.3 Å². The van der Waals surface area contributed by atoms with Crippen molar-refractivity contribution >= 4 is 23.8 Å². The van der Waals surface area contributed by atoms with Gasteiger partial charge in [-0.1, -0.05) is 44.2 Å². The van der Waals surface area contributed by atoms with Crippen LogP contribution in [0.3, 0.4) is 0 Å². The molecule has 1 amide bonds. The average Bonchev–Trinajstić information content (AvgIpc) is 2.89. The van der Waals surface area contributed by atoms with E-state index in [2.05, 4.69) is 10.3 Å². The van der Waals surface area contributed by atoms with Crippen molar-refractivity contribution in [1.82, 2.24) is 10.3 Å². The third-order valence-corrected chi connectivity index (χ3v) is 5.60. The molecule has 0 aliphatic heterocycles. The summed E-state index contributed by atoms with van der Waals surface area (Å²) in [5.41, 5.74) is 0.426. The summed E-state index contributed by atoms with van der Waals surface area (Å²) in [4.78, 5) is 54.9. The molecule has 11 nitrogen and oxygen atoms in total. The first kappa shape index (κ1) is 31.1. The Hall–Kier alpha value is -4.15. The molecule has 0 saturated heterocycles. The minimum Gasteiger partial charge on any atom is -0.503 e. The zero-order chi connectivity index (χ0) is 29.1. The fraction of sp³-hybridized carbons (Fsp3) is 0.464. The first-order valence-electron chi connectivity index (χ1n) is 12.6. The fourth-order valence-corrected chi connectivity index (χ4v) is 3.46. The van der Waals surface area contributed by atoms with Crippen LogP contribution in [-0.4, -0.2) is 65.9 Å². The number of rotatable bonds is 13. The van der Waals surface area contributed by atoms with Gasteiger partial charge in [-0.15, -0.1) is 0 Å². The summed E-state index contributed by atoms with van der Waals surface area (Å²) in [5.74, 6) is -4.76. The van der Waals surface area contributed by atoms with E-state index in [4.69, 9.17) is 18.9 Å². The van der Waals surface area contributed by atoms with Crippen LogP contribution in [0.25, 0.3) is 0 Å². The predicted molar refractivity (Wildman–Crippen MR) is 140 cm³/mol. The lowest BCUT2D eigenvalue weighted by Gasteiger charge is -2.25. The summed E-state index contributed by atoms with van der Waals surface area (Å²) in [5, 5.41) is 12.7. The molecule has 11 heteroatoms. The molecule has 0 radical (unpaired) electrons. The number of methoxy groups -OCH3 is 1. The van der Waals surface area contributed by atoms with Crippen LogP contribution in [0.1, 0.15) is 50.7 Å². The predicted octanol–water partition coefficient (Wildman–Crippen LogP) is 2.84. The van der Waals surface area contributed by atoms with Crippen LogP contribution in [0.5, 0.6) is 11.5 Å². The van der Waals surface area contributed by atoms with Crippen LogP contribution in [0.2, 0.25) is 0 Å². The number of hydrogen-bond acceptors (Lipinski definition) is 10. The van der Waals surface area contributed by atoms with E-state index >= 15 is 0 Å². The van der Waals surface area contributed by atoms with Gasteiger partial charge < -0.3 is 29.4 Å². The van der Waals surface area contributed by atoms with Crippen LogP contribution in [0, 0.1) is 11.8 Å². The number of aromatic hydroxyl groups is 1. The Morgan fingerprint density at radius 2 is 1.59 bits per heavy atom. The van der Waals surface area contributed by atoms with Gasteiger partial charge in [0, 0.05) is 12.3 Å². The second-order valence-corrected chi connectivity index (χ2v) is 9.45. The van der Waals surface area contributed by atoms with Gasteiger partial charge >= 0.3 is 17.9 Å². The average molecular weight is 545 g/mol. The number of amides is 1. The van der Waals surface area contributed by atoms with Crippen molar-refractivity contribution in [2.24, 2.45) is 11.8 Å². The molecule has 0 aliphatic rings. The second kappa shape index (κ2) is 14.7. The van der Waals surface area contributed by atoms with Crippen LogP contribution < -0.4 is 10.1 Å². The van der Waals surface area contributed by atoms with Crippen LogP contribution >= 0.6 is 0 Å². The normalized spacial score (nSPS) is 13.2. The van der Waals surface area contributed by atoms with Crippen molar-refractivity contribution < 1.29 is 43.2 Å². The van der Waals surface area contributed by atoms with Gasteiger partial charge in [0.1, 0.15) is 12.7 Å². The zero-order valence-corrected chi connectivity index (χ0v) is 23.0. The van der Waals surface area contributed by atoms with Crippen molar-refractivity contribution in [2.75, 3.05) is 13.7 Å². The molecule has 0 bridgehead atoms. The van der Waals surface area contributed by atoms with Crippen LogP contribution in [-0.2, 0) is 35.0 Å². The quantitative estimate of drug-likeness (QED) is 0.285. The molecule has 2 N–H and O–H groups in total. The zero-order valence-electron chi connectivity index (χ0n) is 23.0. The molecule has 1 aromatic carbocycles. The van der Waals surface area contributed by atoms with Crippen molar-refractivity contribution in [3.05, 3.63) is 53.9 Å². The highest BCUT2D eigenvalue weighted by Crippen LogP contribution is 2.27. The van der Waals surface area contributed by atoms with Gasteiger partial charge in [0.15, 0.2) is 23.2 Å². The largest absolute Gasteiger partial charge is 0.503 e. The van der Waals surface area contributed by atoms with E-state index in [1.807, 2.05) is 30.3 Å². The second-order valence-electron chi connectivity index (χ2n) is 9.45. The first-order chi connectivity index (χ1) is 18.4. The molecule has 1 aromatic heterocycles. The number of nitrogens with zero attached hydrogens (tertiary/aromatic N) is 1. The number of aromatic nitrogens is 1. The molecule has 212 valence electrons. The van der Waals surface area contributed by atoms with Gasteiger partial charge in [-0.05, 0) is 32.8 Å². The highest BCUT2D eigenvalue weighted by atomic mass is 16.6. The highest BCUT2D eigenvalue weighted by molar-refractivity contribution is 5.98. The van der Waals surface area contributed by atoms with Gasteiger partial charge in [0.2, 0.25) is 0 Å². The van der Waals surface area contributed by atoms with E-state index in [-0.39, 0.29) is 17.9 Å². The Bertz CT molecular complexity index is 1140. The molecule has 39 heavy (non-hydrogen) atoms. The molecule has 0 fully saturated rings. The maximum absolute atomic E-state index is 13.2. The Morgan fingerprint density at radius 3 is 2.18 bits per heavy atom. The molecule has 0 spiro atoms. The van der Waals surface area contributed by atoms with Gasteiger partial charge in [0.05, 0.1) is 25.0 Å². The lowest BCUT2D eigenvalue weighted by atomic mass is 9.94. The number of ether oxygens (including phenoxy) is 4. The SMILES string of the molecule is COc1ccnc(C(=O)NC(COC(=O)C(Cc2ccccc2)C(C)OC(=O)C(C)C)C(=O)OC(C)C)c1O. The standard InChI is InChI=1S/C28H36N2O9/c1-16(2)26(33)39-18(5)20(14-19-10-8-7-9-11-19)27(34)37-15-21(28(35)38-17(3)4)30-25(32)23-24(31)22(36-6)12-13-29-23/h7-13,16-18,20-21,31H,14-15H2,1-6H3,(H,30,32). The molecule has 0 saturated carbocycles. The lowest BCUT2D eigenvalue weighted by Crippen LogP contribution is -2.47. The van der Waals surface area contributed by atoms with E-state index in [1.54, 1.807) is 34.6 Å². The van der Waals surface area contributed by atoms with Gasteiger partial charge in [-0.2, -0.15) is 0 Å². The molecular formula is C28H36N2O9. The van der Waals surface area contributed by atoms with Crippen LogP contribution in [0.4, 0.5) is 0 Å². The lowest BCUT2D eigenvalue weighted by molar-refractivity contribution is -0.164. The van der Waals surface area contributed by atoms with E-state index in [9.17, 15) is 24.3 Å². The maximum Gasteiger partial charge on any atom is 0.332 e. The first-order valence-corrected chi connectivity index (χ1v) is 12.6. The fourth-order valence-electron chi connectivity index (χ4n) is 3.46. The van der Waals surface area contributed by atoms with Gasteiger partial charge in [0.25, 0.3) is 5.91 Å². The number of nitrogens with one attached hydrogen (secondary N) is 1. The molecule has 0 aliphatic carbocycles. The smallest absolute Gasteiger partial charge is 0.332 e. The van der Waals surface area contributed by atoms with E-state index in [0.717, 1.165) is 5.56 Å².